The summed E-state index contributed by atoms with van der Waals surface area (Å²) in [6.45, 7) is -1.30. The van der Waals surface area contributed by atoms with Gasteiger partial charge in [0.25, 0.3) is 5.56 Å². The number of alkyl halides is 3. The molecule has 2 N–H and O–H groups in total. The van der Waals surface area contributed by atoms with Crippen LogP contribution in [0.4, 0.5) is 13.2 Å². The number of halogens is 3. The van der Waals surface area contributed by atoms with E-state index in [2.05, 4.69) is 24.9 Å². The highest BCUT2D eigenvalue weighted by Crippen LogP contribution is 2.30. The van der Waals surface area contributed by atoms with E-state index in [1.165, 1.54) is 12.4 Å². The van der Waals surface area contributed by atoms with Crippen LogP contribution in [0.5, 0.6) is 0 Å². The molecule has 11 heteroatoms. The number of hydrogen-bond donors (Lipinski definition) is 2. The fraction of sp³-hybridized carbons (Fsp3) is 0.400. The molecule has 3 aromatic heterocycles. The van der Waals surface area contributed by atoms with Crippen LogP contribution in [0.3, 0.4) is 0 Å². The first-order chi connectivity index (χ1) is 12.3. The largest absolute Gasteiger partial charge is 0.406 e. The first kappa shape index (κ1) is 16.5. The summed E-state index contributed by atoms with van der Waals surface area (Å²) in [6.07, 6.45) is -0.936. The molecule has 1 amide bonds. The van der Waals surface area contributed by atoms with Crippen molar-refractivity contribution >= 4 is 28.1 Å². The fourth-order valence-corrected chi connectivity index (χ4v) is 2.86. The Hall–Kier alpha value is -2.98. The molecule has 0 aromatic carbocycles. The summed E-state index contributed by atoms with van der Waals surface area (Å²) in [5.41, 5.74) is 0.564. The number of H-pyrrole nitrogens is 2. The van der Waals surface area contributed by atoms with E-state index in [9.17, 15) is 22.8 Å². The molecule has 1 aliphatic carbocycles. The lowest BCUT2D eigenvalue weighted by molar-refractivity contribution is -0.162. The van der Waals surface area contributed by atoms with Crippen molar-refractivity contribution in [1.82, 2.24) is 29.8 Å². The summed E-state index contributed by atoms with van der Waals surface area (Å²) in [5, 5.41) is 0. The van der Waals surface area contributed by atoms with Crippen molar-refractivity contribution in [3.8, 4) is 0 Å². The van der Waals surface area contributed by atoms with E-state index in [1.54, 1.807) is 0 Å². The second-order valence-corrected chi connectivity index (χ2v) is 6.16. The molecule has 1 saturated carbocycles. The lowest BCUT2D eigenvalue weighted by Gasteiger charge is -2.23. The van der Waals surface area contributed by atoms with Gasteiger partial charge in [-0.25, -0.2) is 15.0 Å². The van der Waals surface area contributed by atoms with Gasteiger partial charge in [0, 0.05) is 18.4 Å². The first-order valence-corrected chi connectivity index (χ1v) is 7.89. The maximum atomic E-state index is 12.7. The summed E-state index contributed by atoms with van der Waals surface area (Å²) in [7, 11) is 0. The molecule has 0 saturated heterocycles. The van der Waals surface area contributed by atoms with E-state index in [0.29, 0.717) is 24.0 Å². The summed E-state index contributed by atoms with van der Waals surface area (Å²) in [5.74, 6) is -0.731. The second-order valence-electron chi connectivity index (χ2n) is 6.16. The van der Waals surface area contributed by atoms with E-state index in [0.717, 1.165) is 4.90 Å². The van der Waals surface area contributed by atoms with E-state index >= 15 is 0 Å². The quantitative estimate of drug-likeness (QED) is 0.723. The standard InChI is InChI=1S/C15H13F3N6O2/c16-15(17,18)6-24(7-1-2-7)9(25)5-8-21-10-11-13(20-4-3-19-11)23-12(10)14(26)22-8/h3-4,7H,1-2,5-6H2,(H,20,23)(H,21,22,26). The van der Waals surface area contributed by atoms with Gasteiger partial charge in [-0.05, 0) is 12.8 Å². The minimum Gasteiger partial charge on any atom is -0.332 e. The van der Waals surface area contributed by atoms with Crippen LogP contribution in [-0.4, -0.2) is 54.5 Å². The van der Waals surface area contributed by atoms with Crippen LogP contribution in [0.15, 0.2) is 17.2 Å². The minimum atomic E-state index is -4.48. The Kier molecular flexibility index (Phi) is 3.67. The van der Waals surface area contributed by atoms with Gasteiger partial charge in [-0.15, -0.1) is 0 Å². The number of amides is 1. The highest BCUT2D eigenvalue weighted by atomic mass is 19.4. The summed E-state index contributed by atoms with van der Waals surface area (Å²) >= 11 is 0. The molecule has 1 fully saturated rings. The molecule has 0 spiro atoms. The molecular weight excluding hydrogens is 353 g/mol. The molecule has 0 radical (unpaired) electrons. The van der Waals surface area contributed by atoms with Crippen molar-refractivity contribution in [1.29, 1.82) is 0 Å². The number of aromatic nitrogens is 5. The molecule has 0 bridgehead atoms. The van der Waals surface area contributed by atoms with Gasteiger partial charge in [0.2, 0.25) is 5.91 Å². The van der Waals surface area contributed by atoms with Crippen LogP contribution in [0, 0.1) is 0 Å². The van der Waals surface area contributed by atoms with Gasteiger partial charge in [-0.2, -0.15) is 13.2 Å². The van der Waals surface area contributed by atoms with Crippen LogP contribution in [0.25, 0.3) is 22.2 Å². The molecule has 0 aliphatic heterocycles. The summed E-state index contributed by atoms with van der Waals surface area (Å²) in [6, 6.07) is -0.404. The third-order valence-corrected chi connectivity index (χ3v) is 4.11. The smallest absolute Gasteiger partial charge is 0.332 e. The van der Waals surface area contributed by atoms with E-state index in [-0.39, 0.29) is 16.9 Å². The number of aromatic amines is 2. The number of fused-ring (bicyclic) bond motifs is 3. The number of carbonyl (C=O) groups excluding carboxylic acids is 1. The van der Waals surface area contributed by atoms with Gasteiger partial charge in [0.1, 0.15) is 28.9 Å². The number of carbonyl (C=O) groups is 1. The van der Waals surface area contributed by atoms with Crippen molar-refractivity contribution < 1.29 is 18.0 Å². The van der Waals surface area contributed by atoms with Gasteiger partial charge in [-0.3, -0.25) is 9.59 Å². The lowest BCUT2D eigenvalue weighted by Crippen LogP contribution is -2.41. The first-order valence-electron chi connectivity index (χ1n) is 7.89. The van der Waals surface area contributed by atoms with Crippen LogP contribution >= 0.6 is 0 Å². The monoisotopic (exact) mass is 366 g/mol. The van der Waals surface area contributed by atoms with Crippen molar-refractivity contribution in [2.24, 2.45) is 0 Å². The highest BCUT2D eigenvalue weighted by molar-refractivity contribution is 6.00. The maximum absolute atomic E-state index is 12.7. The molecule has 1 aliphatic rings. The molecule has 0 unspecified atom stereocenters. The van der Waals surface area contributed by atoms with E-state index in [1.807, 2.05) is 0 Å². The van der Waals surface area contributed by atoms with Crippen molar-refractivity contribution in [3.63, 3.8) is 0 Å². The van der Waals surface area contributed by atoms with Gasteiger partial charge in [0.05, 0.1) is 6.42 Å². The number of hydrogen-bond acceptors (Lipinski definition) is 5. The predicted molar refractivity (Wildman–Crippen MR) is 84.3 cm³/mol. The second kappa shape index (κ2) is 5.78. The van der Waals surface area contributed by atoms with Gasteiger partial charge in [0.15, 0.2) is 5.65 Å². The number of nitrogens with one attached hydrogen (secondary N) is 2. The van der Waals surface area contributed by atoms with Gasteiger partial charge >= 0.3 is 6.18 Å². The third-order valence-electron chi connectivity index (χ3n) is 4.11. The predicted octanol–water partition coefficient (Wildman–Crippen LogP) is 1.29. The molecule has 3 heterocycles. The van der Waals surface area contributed by atoms with Crippen molar-refractivity contribution in [3.05, 3.63) is 28.6 Å². The SMILES string of the molecule is O=C(Cc1nc2c([nH]c3nccnc32)c(=O)[nH]1)N(CC(F)(F)F)C1CC1. The van der Waals surface area contributed by atoms with E-state index in [4.69, 9.17) is 0 Å². The Morgan fingerprint density at radius 2 is 1.92 bits per heavy atom. The van der Waals surface area contributed by atoms with E-state index < -0.39 is 36.7 Å². The van der Waals surface area contributed by atoms with Gasteiger partial charge in [-0.1, -0.05) is 0 Å². The molecule has 3 aromatic rings. The van der Waals surface area contributed by atoms with Crippen LogP contribution in [0.2, 0.25) is 0 Å². The molecule has 136 valence electrons. The number of nitrogens with zero attached hydrogens (tertiary/aromatic N) is 4. The Morgan fingerprint density at radius 1 is 1.19 bits per heavy atom. The molecule has 26 heavy (non-hydrogen) atoms. The zero-order chi connectivity index (χ0) is 18.5. The molecule has 8 nitrogen and oxygen atoms in total. The maximum Gasteiger partial charge on any atom is 0.406 e. The van der Waals surface area contributed by atoms with Crippen LogP contribution < -0.4 is 5.56 Å². The highest BCUT2D eigenvalue weighted by Gasteiger charge is 2.40. The normalized spacial score (nSPS) is 14.9. The van der Waals surface area contributed by atoms with Crippen LogP contribution in [-0.2, 0) is 11.2 Å². The Morgan fingerprint density at radius 3 is 2.62 bits per heavy atom. The number of rotatable bonds is 4. The van der Waals surface area contributed by atoms with Crippen molar-refractivity contribution in [2.45, 2.75) is 31.5 Å². The lowest BCUT2D eigenvalue weighted by atomic mass is 10.3. The minimum absolute atomic E-state index is 0.00752. The Bertz CT molecular complexity index is 1050. The zero-order valence-corrected chi connectivity index (χ0v) is 13.3. The summed E-state index contributed by atoms with van der Waals surface area (Å²) < 4.78 is 38.1. The Labute approximate surface area is 143 Å². The third kappa shape index (κ3) is 3.11. The topological polar surface area (TPSA) is 108 Å². The molecule has 0 atom stereocenters. The zero-order valence-electron chi connectivity index (χ0n) is 13.3. The fourth-order valence-electron chi connectivity index (χ4n) is 2.86. The average Bonchev–Trinajstić information content (AvgIpc) is 3.33. The van der Waals surface area contributed by atoms with Crippen LogP contribution in [0.1, 0.15) is 18.7 Å². The Balaban J connectivity index is 1.67. The molecule has 4 rings (SSSR count). The van der Waals surface area contributed by atoms with Gasteiger partial charge < -0.3 is 14.9 Å². The van der Waals surface area contributed by atoms with Crippen molar-refractivity contribution in [2.75, 3.05) is 6.54 Å². The molecular formula is C15H13F3N6O2. The average molecular weight is 366 g/mol. The summed E-state index contributed by atoms with van der Waals surface area (Å²) in [4.78, 5) is 42.9.